The number of pyridine rings is 1. The minimum absolute atomic E-state index is 0.289. The molecule has 3 rings (SSSR count). The van der Waals surface area contributed by atoms with Crippen LogP contribution in [0.3, 0.4) is 0 Å². The molecule has 0 spiro atoms. The van der Waals surface area contributed by atoms with E-state index in [1.807, 2.05) is 19.3 Å². The third kappa shape index (κ3) is 2.27. The lowest BCUT2D eigenvalue weighted by Crippen LogP contribution is -2.27. The van der Waals surface area contributed by atoms with Crippen molar-refractivity contribution < 1.29 is 4.42 Å². The highest BCUT2D eigenvalue weighted by Crippen LogP contribution is 2.40. The van der Waals surface area contributed by atoms with E-state index in [9.17, 15) is 0 Å². The maximum absolute atomic E-state index is 5.61. The van der Waals surface area contributed by atoms with Gasteiger partial charge in [-0.1, -0.05) is 13.0 Å². The van der Waals surface area contributed by atoms with Gasteiger partial charge in [-0.05, 0) is 44.0 Å². The van der Waals surface area contributed by atoms with Crippen LogP contribution in [0.15, 0.2) is 35.1 Å². The Morgan fingerprint density at radius 1 is 1.45 bits per heavy atom. The predicted molar refractivity (Wildman–Crippen MR) is 79.8 cm³/mol. The van der Waals surface area contributed by atoms with Crippen LogP contribution in [0, 0.1) is 0 Å². The highest BCUT2D eigenvalue weighted by Gasteiger charge is 2.31. The molecule has 2 aromatic rings. The van der Waals surface area contributed by atoms with Crippen molar-refractivity contribution in [3.63, 3.8) is 0 Å². The number of aryl methyl sites for hydroxylation is 2. The molecule has 20 heavy (non-hydrogen) atoms. The molecular weight excluding hydrogens is 248 g/mol. The minimum atomic E-state index is 0.289. The molecule has 0 saturated heterocycles. The van der Waals surface area contributed by atoms with Crippen LogP contribution in [0.5, 0.6) is 0 Å². The normalized spacial score (nSPS) is 19.6. The lowest BCUT2D eigenvalue weighted by molar-refractivity contribution is 0.405. The lowest BCUT2D eigenvalue weighted by atomic mass is 9.79. The molecule has 2 aromatic heterocycles. The first kappa shape index (κ1) is 13.4. The Morgan fingerprint density at radius 2 is 2.35 bits per heavy atom. The zero-order valence-electron chi connectivity index (χ0n) is 12.2. The Hall–Kier alpha value is -1.61. The largest absolute Gasteiger partial charge is 0.469 e. The van der Waals surface area contributed by atoms with E-state index in [1.165, 1.54) is 29.7 Å². The monoisotopic (exact) mass is 270 g/mol. The van der Waals surface area contributed by atoms with Gasteiger partial charge in [-0.2, -0.15) is 0 Å². The summed E-state index contributed by atoms with van der Waals surface area (Å²) in [7, 11) is 2.04. The summed E-state index contributed by atoms with van der Waals surface area (Å²) in [5.74, 6) is 1.53. The van der Waals surface area contributed by atoms with Crippen LogP contribution in [-0.2, 0) is 12.8 Å². The van der Waals surface area contributed by atoms with Crippen molar-refractivity contribution in [3.8, 4) is 0 Å². The van der Waals surface area contributed by atoms with Gasteiger partial charge in [-0.3, -0.25) is 4.98 Å². The number of furan rings is 1. The first-order valence-electron chi connectivity index (χ1n) is 7.52. The Kier molecular flexibility index (Phi) is 3.88. The summed E-state index contributed by atoms with van der Waals surface area (Å²) in [5, 5.41) is 3.49. The fourth-order valence-electron chi connectivity index (χ4n) is 3.46. The molecule has 0 aliphatic heterocycles. The number of likely N-dealkylation sites (N-methyl/N-ethyl adjacent to an activating group) is 1. The van der Waals surface area contributed by atoms with Crippen LogP contribution in [0.1, 0.15) is 54.3 Å². The van der Waals surface area contributed by atoms with Crippen molar-refractivity contribution >= 4 is 0 Å². The second kappa shape index (κ2) is 5.80. The van der Waals surface area contributed by atoms with Crippen molar-refractivity contribution in [1.29, 1.82) is 0 Å². The number of rotatable bonds is 4. The number of hydrogen-bond acceptors (Lipinski definition) is 3. The molecule has 0 amide bonds. The van der Waals surface area contributed by atoms with Crippen molar-refractivity contribution in [2.75, 3.05) is 7.05 Å². The highest BCUT2D eigenvalue weighted by molar-refractivity contribution is 5.32. The Balaban J connectivity index is 1.99. The molecule has 0 bridgehead atoms. The summed E-state index contributed by atoms with van der Waals surface area (Å²) < 4.78 is 5.61. The van der Waals surface area contributed by atoms with E-state index in [0.29, 0.717) is 5.92 Å². The van der Waals surface area contributed by atoms with E-state index in [2.05, 4.69) is 29.4 Å². The van der Waals surface area contributed by atoms with Crippen molar-refractivity contribution in [3.05, 3.63) is 53.2 Å². The van der Waals surface area contributed by atoms with E-state index in [-0.39, 0.29) is 6.04 Å². The molecule has 0 radical (unpaired) electrons. The van der Waals surface area contributed by atoms with Crippen LogP contribution in [0.2, 0.25) is 0 Å². The predicted octanol–water partition coefficient (Wildman–Crippen LogP) is 3.62. The van der Waals surface area contributed by atoms with E-state index in [0.717, 1.165) is 18.6 Å². The van der Waals surface area contributed by atoms with Gasteiger partial charge in [0, 0.05) is 35.8 Å². The van der Waals surface area contributed by atoms with E-state index >= 15 is 0 Å². The summed E-state index contributed by atoms with van der Waals surface area (Å²) in [6, 6.07) is 6.66. The van der Waals surface area contributed by atoms with Gasteiger partial charge in [0.05, 0.1) is 6.26 Å². The lowest BCUT2D eigenvalue weighted by Gasteiger charge is -2.31. The first-order chi connectivity index (χ1) is 9.85. The molecule has 0 aromatic carbocycles. The second-order valence-electron chi connectivity index (χ2n) is 5.47. The minimum Gasteiger partial charge on any atom is -0.469 e. The average Bonchev–Trinajstić information content (AvgIpc) is 2.97. The highest BCUT2D eigenvalue weighted by atomic mass is 16.3. The summed E-state index contributed by atoms with van der Waals surface area (Å²) in [4.78, 5) is 4.66. The Bertz CT molecular complexity index is 576. The average molecular weight is 270 g/mol. The smallest absolute Gasteiger partial charge is 0.108 e. The quantitative estimate of drug-likeness (QED) is 0.922. The van der Waals surface area contributed by atoms with Gasteiger partial charge in [-0.25, -0.2) is 0 Å². The van der Waals surface area contributed by atoms with Crippen LogP contribution in [-0.4, -0.2) is 12.0 Å². The Labute approximate surface area is 120 Å². The van der Waals surface area contributed by atoms with Gasteiger partial charge in [-0.15, -0.1) is 0 Å². The van der Waals surface area contributed by atoms with Gasteiger partial charge < -0.3 is 9.73 Å². The molecule has 2 unspecified atom stereocenters. The number of nitrogens with one attached hydrogen (secondary N) is 1. The molecule has 1 N–H and O–H groups in total. The molecule has 3 heteroatoms. The fourth-order valence-corrected chi connectivity index (χ4v) is 3.46. The number of nitrogens with zero attached hydrogens (tertiary/aromatic N) is 1. The third-order valence-corrected chi connectivity index (χ3v) is 4.39. The van der Waals surface area contributed by atoms with E-state index in [4.69, 9.17) is 4.42 Å². The van der Waals surface area contributed by atoms with Crippen molar-refractivity contribution in [2.24, 2.45) is 0 Å². The number of fused-ring (bicyclic) bond motifs is 1. The van der Waals surface area contributed by atoms with Crippen molar-refractivity contribution in [2.45, 2.75) is 44.6 Å². The molecule has 2 atom stereocenters. The molecule has 2 heterocycles. The summed E-state index contributed by atoms with van der Waals surface area (Å²) in [5.41, 5.74) is 3.96. The third-order valence-electron chi connectivity index (χ3n) is 4.39. The summed E-state index contributed by atoms with van der Waals surface area (Å²) >= 11 is 0. The molecule has 1 aliphatic rings. The molecule has 0 fully saturated rings. The van der Waals surface area contributed by atoms with E-state index < -0.39 is 0 Å². The van der Waals surface area contributed by atoms with Crippen molar-refractivity contribution in [1.82, 2.24) is 10.3 Å². The molecule has 1 aliphatic carbocycles. The van der Waals surface area contributed by atoms with E-state index in [1.54, 1.807) is 6.26 Å². The Morgan fingerprint density at radius 3 is 3.15 bits per heavy atom. The van der Waals surface area contributed by atoms with Gasteiger partial charge >= 0.3 is 0 Å². The summed E-state index contributed by atoms with van der Waals surface area (Å²) in [6.45, 7) is 2.14. The molecule has 0 saturated carbocycles. The first-order valence-corrected chi connectivity index (χ1v) is 7.52. The maximum atomic E-state index is 5.61. The van der Waals surface area contributed by atoms with Crippen LogP contribution in [0.4, 0.5) is 0 Å². The van der Waals surface area contributed by atoms with Crippen LogP contribution in [0.25, 0.3) is 0 Å². The standard InChI is InChI=1S/C17H22N2O/c1-3-15-13(9-11-20-15)17(18-2)14-8-4-6-12-7-5-10-19-16(12)14/h5,7,9-11,14,17-18H,3-4,6,8H2,1-2H3. The van der Waals surface area contributed by atoms with Gasteiger partial charge in [0.1, 0.15) is 5.76 Å². The van der Waals surface area contributed by atoms with Crippen LogP contribution >= 0.6 is 0 Å². The second-order valence-corrected chi connectivity index (χ2v) is 5.47. The van der Waals surface area contributed by atoms with Gasteiger partial charge in [0.25, 0.3) is 0 Å². The maximum Gasteiger partial charge on any atom is 0.108 e. The van der Waals surface area contributed by atoms with Gasteiger partial charge in [0.15, 0.2) is 0 Å². The number of aromatic nitrogens is 1. The summed E-state index contributed by atoms with van der Waals surface area (Å²) in [6.07, 6.45) is 8.23. The zero-order chi connectivity index (χ0) is 13.9. The molecule has 3 nitrogen and oxygen atoms in total. The topological polar surface area (TPSA) is 38.1 Å². The molecule has 106 valence electrons. The fraction of sp³-hybridized carbons (Fsp3) is 0.471. The zero-order valence-corrected chi connectivity index (χ0v) is 12.2. The SMILES string of the molecule is CCc1occc1C(NC)C1CCCc2cccnc21. The number of hydrogen-bond donors (Lipinski definition) is 1. The van der Waals surface area contributed by atoms with Crippen LogP contribution < -0.4 is 5.32 Å². The molecular formula is C17H22N2O. The van der Waals surface area contributed by atoms with Gasteiger partial charge in [0.2, 0.25) is 0 Å².